The minimum atomic E-state index is 0.192. The number of hydrogen-bond acceptors (Lipinski definition) is 3. The summed E-state index contributed by atoms with van der Waals surface area (Å²) < 4.78 is 0. The molecule has 5 heteroatoms. The minimum absolute atomic E-state index is 0.192. The normalized spacial score (nSPS) is 15.3. The fraction of sp³-hybridized carbons (Fsp3) is 0.381. The Kier molecular flexibility index (Phi) is 5.97. The fourth-order valence-electron chi connectivity index (χ4n) is 3.49. The van der Waals surface area contributed by atoms with Crippen LogP contribution < -0.4 is 10.2 Å². The summed E-state index contributed by atoms with van der Waals surface area (Å²) in [6.45, 7) is 1.60. The van der Waals surface area contributed by atoms with Gasteiger partial charge in [-0.05, 0) is 49.3 Å². The molecule has 1 amide bonds. The maximum absolute atomic E-state index is 11.8. The molecule has 1 unspecified atom stereocenters. The van der Waals surface area contributed by atoms with Crippen molar-refractivity contribution in [3.05, 3.63) is 64.2 Å². The minimum Gasteiger partial charge on any atom is -0.315 e. The Morgan fingerprint density at radius 2 is 1.96 bits per heavy atom. The lowest BCUT2D eigenvalue weighted by molar-refractivity contribution is -0.118. The van der Waals surface area contributed by atoms with Crippen molar-refractivity contribution in [2.45, 2.75) is 25.4 Å². The number of benzene rings is 2. The Hall–Kier alpha value is -1.88. The lowest BCUT2D eigenvalue weighted by atomic mass is 9.99. The van der Waals surface area contributed by atoms with Gasteiger partial charge in [-0.2, -0.15) is 0 Å². The summed E-state index contributed by atoms with van der Waals surface area (Å²) in [5, 5.41) is 4.36. The number of halogens is 1. The van der Waals surface area contributed by atoms with E-state index in [9.17, 15) is 4.79 Å². The highest BCUT2D eigenvalue weighted by Crippen LogP contribution is 2.28. The second kappa shape index (κ2) is 8.21. The first-order valence-electron chi connectivity index (χ1n) is 8.97. The van der Waals surface area contributed by atoms with Gasteiger partial charge in [-0.3, -0.25) is 4.79 Å². The summed E-state index contributed by atoms with van der Waals surface area (Å²) in [5.41, 5.74) is 4.66. The molecule has 0 spiro atoms. The molecule has 138 valence electrons. The Balaban J connectivity index is 1.65. The van der Waals surface area contributed by atoms with E-state index >= 15 is 0 Å². The second-order valence-electron chi connectivity index (χ2n) is 7.05. The van der Waals surface area contributed by atoms with Crippen LogP contribution in [-0.4, -0.2) is 38.5 Å². The summed E-state index contributed by atoms with van der Waals surface area (Å²) in [4.78, 5) is 15.8. The molecule has 0 radical (unpaired) electrons. The molecule has 0 bridgehead atoms. The number of fused-ring (bicyclic) bond motifs is 1. The molecule has 3 rings (SSSR count). The fourth-order valence-corrected chi connectivity index (χ4v) is 3.75. The molecule has 0 aromatic heterocycles. The first-order chi connectivity index (χ1) is 12.5. The number of anilines is 1. The molecule has 1 heterocycles. The molecule has 2 aromatic carbocycles. The third kappa shape index (κ3) is 4.09. The molecule has 4 nitrogen and oxygen atoms in total. The molecule has 1 aliphatic rings. The van der Waals surface area contributed by atoms with Gasteiger partial charge in [0.2, 0.25) is 5.91 Å². The quantitative estimate of drug-likeness (QED) is 0.842. The molecule has 0 fully saturated rings. The topological polar surface area (TPSA) is 35.6 Å². The van der Waals surface area contributed by atoms with Crippen LogP contribution in [0.3, 0.4) is 0 Å². The SMILES string of the molecule is CN1C(=O)CCc2cc(CNCC(c3ccccc3Cl)N(C)C)ccc21. The summed E-state index contributed by atoms with van der Waals surface area (Å²) in [5.74, 6) is 0.192. The standard InChI is InChI=1S/C21H26ClN3O/c1-24(2)20(17-6-4-5-7-18(17)22)14-23-13-15-8-10-19-16(12-15)9-11-21(26)25(19)3/h4-8,10,12,20,23H,9,11,13-14H2,1-3H3. The van der Waals surface area contributed by atoms with Crippen LogP contribution >= 0.6 is 11.6 Å². The van der Waals surface area contributed by atoms with Crippen molar-refractivity contribution in [1.82, 2.24) is 10.2 Å². The number of aryl methyl sites for hydroxylation is 1. The molecule has 1 N–H and O–H groups in total. The Morgan fingerprint density at radius 3 is 2.69 bits per heavy atom. The number of nitrogens with one attached hydrogen (secondary N) is 1. The van der Waals surface area contributed by atoms with Gasteiger partial charge < -0.3 is 15.1 Å². The molecular weight excluding hydrogens is 346 g/mol. The summed E-state index contributed by atoms with van der Waals surface area (Å²) >= 11 is 6.38. The van der Waals surface area contributed by atoms with Crippen molar-refractivity contribution in [2.24, 2.45) is 0 Å². The summed E-state index contributed by atoms with van der Waals surface area (Å²) in [6.07, 6.45) is 1.42. The van der Waals surface area contributed by atoms with Crippen LogP contribution in [0.2, 0.25) is 5.02 Å². The average Bonchev–Trinajstić information content (AvgIpc) is 2.62. The zero-order valence-corrected chi connectivity index (χ0v) is 16.4. The first kappa shape index (κ1) is 18.9. The third-order valence-corrected chi connectivity index (χ3v) is 5.39. The molecule has 26 heavy (non-hydrogen) atoms. The molecule has 2 aromatic rings. The average molecular weight is 372 g/mol. The highest BCUT2D eigenvalue weighted by atomic mass is 35.5. The maximum Gasteiger partial charge on any atom is 0.227 e. The number of carbonyl (C=O) groups excluding carboxylic acids is 1. The van der Waals surface area contributed by atoms with Crippen LogP contribution in [0.1, 0.15) is 29.2 Å². The van der Waals surface area contributed by atoms with E-state index in [2.05, 4.69) is 48.6 Å². The second-order valence-corrected chi connectivity index (χ2v) is 7.45. The van der Waals surface area contributed by atoms with Gasteiger partial charge in [-0.1, -0.05) is 41.9 Å². The number of hydrogen-bond donors (Lipinski definition) is 1. The van der Waals surface area contributed by atoms with Gasteiger partial charge in [0.25, 0.3) is 0 Å². The maximum atomic E-state index is 11.8. The number of carbonyl (C=O) groups is 1. The number of amides is 1. The van der Waals surface area contributed by atoms with Gasteiger partial charge in [0, 0.05) is 43.3 Å². The van der Waals surface area contributed by atoms with Crippen LogP contribution in [0, 0.1) is 0 Å². The predicted molar refractivity (Wildman–Crippen MR) is 108 cm³/mol. The van der Waals surface area contributed by atoms with Crippen molar-refractivity contribution in [3.63, 3.8) is 0 Å². The van der Waals surface area contributed by atoms with Crippen molar-refractivity contribution < 1.29 is 4.79 Å². The van der Waals surface area contributed by atoms with Gasteiger partial charge in [0.1, 0.15) is 0 Å². The Bertz CT molecular complexity index is 791. The van der Waals surface area contributed by atoms with Gasteiger partial charge in [0.15, 0.2) is 0 Å². The molecule has 0 saturated heterocycles. The van der Waals surface area contributed by atoms with Crippen LogP contribution in [0.25, 0.3) is 0 Å². The summed E-state index contributed by atoms with van der Waals surface area (Å²) in [7, 11) is 5.99. The zero-order chi connectivity index (χ0) is 18.7. The van der Waals surface area contributed by atoms with Gasteiger partial charge >= 0.3 is 0 Å². The van der Waals surface area contributed by atoms with E-state index in [0.717, 1.165) is 35.8 Å². The van der Waals surface area contributed by atoms with E-state index in [1.165, 1.54) is 11.1 Å². The lowest BCUT2D eigenvalue weighted by Crippen LogP contribution is -2.32. The third-order valence-electron chi connectivity index (χ3n) is 5.04. The van der Waals surface area contributed by atoms with E-state index in [0.29, 0.717) is 6.42 Å². The molecule has 1 aliphatic heterocycles. The van der Waals surface area contributed by atoms with E-state index in [4.69, 9.17) is 11.6 Å². The largest absolute Gasteiger partial charge is 0.315 e. The van der Waals surface area contributed by atoms with Crippen molar-refractivity contribution in [3.8, 4) is 0 Å². The van der Waals surface area contributed by atoms with Gasteiger partial charge in [0.05, 0.1) is 0 Å². The van der Waals surface area contributed by atoms with Gasteiger partial charge in [-0.15, -0.1) is 0 Å². The molecule has 1 atom stereocenters. The molecule has 0 aliphatic carbocycles. The first-order valence-corrected chi connectivity index (χ1v) is 9.35. The Morgan fingerprint density at radius 1 is 1.19 bits per heavy atom. The van der Waals surface area contributed by atoms with Crippen LogP contribution in [0.5, 0.6) is 0 Å². The van der Waals surface area contributed by atoms with Gasteiger partial charge in [-0.25, -0.2) is 0 Å². The number of rotatable bonds is 6. The highest BCUT2D eigenvalue weighted by molar-refractivity contribution is 6.31. The van der Waals surface area contributed by atoms with Crippen molar-refractivity contribution >= 4 is 23.2 Å². The lowest BCUT2D eigenvalue weighted by Gasteiger charge is -2.27. The predicted octanol–water partition coefficient (Wildman–Crippen LogP) is 3.64. The van der Waals surface area contributed by atoms with E-state index < -0.39 is 0 Å². The van der Waals surface area contributed by atoms with Crippen LogP contribution in [-0.2, 0) is 17.8 Å². The van der Waals surface area contributed by atoms with E-state index in [-0.39, 0.29) is 11.9 Å². The summed E-state index contributed by atoms with van der Waals surface area (Å²) in [6, 6.07) is 14.6. The monoisotopic (exact) mass is 371 g/mol. The van der Waals surface area contributed by atoms with Crippen LogP contribution in [0.4, 0.5) is 5.69 Å². The van der Waals surface area contributed by atoms with Crippen molar-refractivity contribution in [2.75, 3.05) is 32.6 Å². The Labute approximate surface area is 160 Å². The smallest absolute Gasteiger partial charge is 0.227 e. The van der Waals surface area contributed by atoms with E-state index in [1.807, 2.05) is 25.2 Å². The highest BCUT2D eigenvalue weighted by Gasteiger charge is 2.21. The zero-order valence-electron chi connectivity index (χ0n) is 15.6. The number of nitrogens with zero attached hydrogens (tertiary/aromatic N) is 2. The van der Waals surface area contributed by atoms with Crippen LogP contribution in [0.15, 0.2) is 42.5 Å². The molecule has 0 saturated carbocycles. The van der Waals surface area contributed by atoms with E-state index in [1.54, 1.807) is 4.90 Å². The van der Waals surface area contributed by atoms with Crippen molar-refractivity contribution in [1.29, 1.82) is 0 Å². The molecular formula is C21H26ClN3O. The number of likely N-dealkylation sites (N-methyl/N-ethyl adjacent to an activating group) is 1.